The van der Waals surface area contributed by atoms with Crippen molar-refractivity contribution in [3.05, 3.63) is 100 Å². The highest BCUT2D eigenvalue weighted by Crippen LogP contribution is 2.25. The minimum atomic E-state index is -3.82. The predicted molar refractivity (Wildman–Crippen MR) is 157 cm³/mol. The number of hydrogen-bond donors (Lipinski definition) is 1. The summed E-state index contributed by atoms with van der Waals surface area (Å²) in [5, 5.41) is 3.48. The second-order valence-electron chi connectivity index (χ2n) is 9.70. The molecule has 39 heavy (non-hydrogen) atoms. The largest absolute Gasteiger partial charge is 0.354 e. The average Bonchev–Trinajstić information content (AvgIpc) is 2.90. The van der Waals surface area contributed by atoms with Crippen LogP contribution in [0.15, 0.2) is 72.8 Å². The Bertz CT molecular complexity index is 1380. The van der Waals surface area contributed by atoms with Crippen LogP contribution in [0.5, 0.6) is 0 Å². The predicted octanol–water partition coefficient (Wildman–Crippen LogP) is 4.89. The minimum absolute atomic E-state index is 0.109. The summed E-state index contributed by atoms with van der Waals surface area (Å²) in [5.41, 5.74) is 3.69. The van der Waals surface area contributed by atoms with Crippen molar-refractivity contribution in [3.8, 4) is 0 Å². The molecule has 7 nitrogen and oxygen atoms in total. The SMILES string of the molecule is CCCNC(=O)C(Cc1ccccc1)N(Cc1ccc(Cl)cc1)C(=O)CN(c1cc(C)ccc1C)S(C)(=O)=O. The fourth-order valence-corrected chi connectivity index (χ4v) is 5.31. The second-order valence-corrected chi connectivity index (χ2v) is 12.0. The first-order chi connectivity index (χ1) is 18.5. The molecule has 3 aromatic rings. The van der Waals surface area contributed by atoms with E-state index in [1.807, 2.05) is 56.3 Å². The molecule has 0 fully saturated rings. The van der Waals surface area contributed by atoms with E-state index in [0.29, 0.717) is 17.3 Å². The maximum absolute atomic E-state index is 14.1. The summed E-state index contributed by atoms with van der Waals surface area (Å²) < 4.78 is 27.0. The Morgan fingerprint density at radius 3 is 2.23 bits per heavy atom. The first-order valence-electron chi connectivity index (χ1n) is 12.9. The van der Waals surface area contributed by atoms with Gasteiger partial charge in [-0.3, -0.25) is 13.9 Å². The molecular formula is C30H36ClN3O4S. The normalized spacial score (nSPS) is 12.0. The van der Waals surface area contributed by atoms with E-state index in [0.717, 1.165) is 39.2 Å². The van der Waals surface area contributed by atoms with Gasteiger partial charge in [0.1, 0.15) is 12.6 Å². The van der Waals surface area contributed by atoms with Gasteiger partial charge in [0.05, 0.1) is 11.9 Å². The number of nitrogens with one attached hydrogen (secondary N) is 1. The molecular weight excluding hydrogens is 534 g/mol. The quantitative estimate of drug-likeness (QED) is 0.336. The lowest BCUT2D eigenvalue weighted by Crippen LogP contribution is -2.53. The van der Waals surface area contributed by atoms with Crippen molar-refractivity contribution in [1.82, 2.24) is 10.2 Å². The smallest absolute Gasteiger partial charge is 0.244 e. The Kier molecular flexibility index (Phi) is 10.5. The van der Waals surface area contributed by atoms with Crippen LogP contribution in [0.4, 0.5) is 5.69 Å². The van der Waals surface area contributed by atoms with E-state index in [1.54, 1.807) is 37.3 Å². The molecule has 0 bridgehead atoms. The summed E-state index contributed by atoms with van der Waals surface area (Å²) in [4.78, 5) is 29.0. The fraction of sp³-hybridized carbons (Fsp3) is 0.333. The van der Waals surface area contributed by atoms with E-state index in [1.165, 1.54) is 4.90 Å². The molecule has 0 aliphatic rings. The molecule has 0 heterocycles. The fourth-order valence-electron chi connectivity index (χ4n) is 4.29. The molecule has 0 saturated carbocycles. The molecule has 1 unspecified atom stereocenters. The van der Waals surface area contributed by atoms with E-state index in [9.17, 15) is 18.0 Å². The van der Waals surface area contributed by atoms with Crippen LogP contribution < -0.4 is 9.62 Å². The number of carbonyl (C=O) groups excluding carboxylic acids is 2. The van der Waals surface area contributed by atoms with Crippen molar-refractivity contribution < 1.29 is 18.0 Å². The Morgan fingerprint density at radius 2 is 1.62 bits per heavy atom. The molecule has 1 atom stereocenters. The van der Waals surface area contributed by atoms with Crippen LogP contribution in [0, 0.1) is 13.8 Å². The number of amides is 2. The number of sulfonamides is 1. The number of halogens is 1. The number of rotatable bonds is 12. The summed E-state index contributed by atoms with van der Waals surface area (Å²) in [6.45, 7) is 5.76. The van der Waals surface area contributed by atoms with E-state index in [4.69, 9.17) is 11.6 Å². The Labute approximate surface area is 236 Å². The highest BCUT2D eigenvalue weighted by Gasteiger charge is 2.33. The van der Waals surface area contributed by atoms with Gasteiger partial charge in [0.25, 0.3) is 0 Å². The van der Waals surface area contributed by atoms with Crippen molar-refractivity contribution in [2.75, 3.05) is 23.7 Å². The molecule has 208 valence electrons. The third-order valence-corrected chi connectivity index (χ3v) is 7.78. The van der Waals surface area contributed by atoms with Gasteiger partial charge in [-0.2, -0.15) is 0 Å². The monoisotopic (exact) mass is 569 g/mol. The lowest BCUT2D eigenvalue weighted by molar-refractivity contribution is -0.140. The van der Waals surface area contributed by atoms with Gasteiger partial charge in [-0.25, -0.2) is 8.42 Å². The molecule has 2 amide bonds. The van der Waals surface area contributed by atoms with Crippen molar-refractivity contribution in [2.45, 2.75) is 46.2 Å². The molecule has 0 radical (unpaired) electrons. The molecule has 9 heteroatoms. The van der Waals surface area contributed by atoms with Crippen LogP contribution in [0.1, 0.15) is 35.6 Å². The molecule has 0 aliphatic heterocycles. The number of aryl methyl sites for hydroxylation is 2. The van der Waals surface area contributed by atoms with Gasteiger partial charge in [-0.05, 0) is 60.7 Å². The average molecular weight is 570 g/mol. The van der Waals surface area contributed by atoms with Crippen LogP contribution in [-0.4, -0.2) is 50.5 Å². The van der Waals surface area contributed by atoms with Crippen LogP contribution >= 0.6 is 11.6 Å². The summed E-state index contributed by atoms with van der Waals surface area (Å²) in [5.74, 6) is -0.774. The molecule has 0 spiro atoms. The number of nitrogens with zero attached hydrogens (tertiary/aromatic N) is 2. The number of hydrogen-bond acceptors (Lipinski definition) is 4. The van der Waals surface area contributed by atoms with Crippen LogP contribution in [0.3, 0.4) is 0 Å². The molecule has 3 aromatic carbocycles. The topological polar surface area (TPSA) is 86.8 Å². The summed E-state index contributed by atoms with van der Waals surface area (Å²) in [6.07, 6.45) is 2.10. The minimum Gasteiger partial charge on any atom is -0.354 e. The van der Waals surface area contributed by atoms with E-state index in [2.05, 4.69) is 5.32 Å². The Morgan fingerprint density at radius 1 is 0.949 bits per heavy atom. The number of benzene rings is 3. The van der Waals surface area contributed by atoms with Gasteiger partial charge < -0.3 is 10.2 Å². The summed E-state index contributed by atoms with van der Waals surface area (Å²) >= 11 is 6.08. The standard InChI is InChI=1S/C30H36ClN3O4S/c1-5-17-32-30(36)28(19-24-9-7-6-8-10-24)33(20-25-13-15-26(31)16-14-25)29(35)21-34(39(4,37)38)27-18-22(2)11-12-23(27)3/h6-16,18,28H,5,17,19-21H2,1-4H3,(H,32,36). The van der Waals surface area contributed by atoms with E-state index < -0.39 is 28.5 Å². The first kappa shape index (κ1) is 30.2. The van der Waals surface area contributed by atoms with Gasteiger partial charge >= 0.3 is 0 Å². The van der Waals surface area contributed by atoms with Crippen LogP contribution in [0.25, 0.3) is 0 Å². The molecule has 0 aliphatic carbocycles. The summed E-state index contributed by atoms with van der Waals surface area (Å²) in [7, 11) is -3.82. The maximum Gasteiger partial charge on any atom is 0.244 e. The lowest BCUT2D eigenvalue weighted by Gasteiger charge is -2.34. The molecule has 1 N–H and O–H groups in total. The van der Waals surface area contributed by atoms with Gasteiger partial charge in [0.2, 0.25) is 21.8 Å². The second kappa shape index (κ2) is 13.6. The van der Waals surface area contributed by atoms with Crippen LogP contribution in [0.2, 0.25) is 5.02 Å². The highest BCUT2D eigenvalue weighted by atomic mass is 35.5. The third-order valence-electron chi connectivity index (χ3n) is 6.40. The molecule has 3 rings (SSSR count). The zero-order valence-corrected chi connectivity index (χ0v) is 24.4. The van der Waals surface area contributed by atoms with Crippen molar-refractivity contribution in [1.29, 1.82) is 0 Å². The lowest BCUT2D eigenvalue weighted by atomic mass is 10.0. The zero-order chi connectivity index (χ0) is 28.6. The first-order valence-corrected chi connectivity index (χ1v) is 15.1. The Balaban J connectivity index is 2.06. The third kappa shape index (κ3) is 8.57. The van der Waals surface area contributed by atoms with Crippen molar-refractivity contribution in [3.63, 3.8) is 0 Å². The van der Waals surface area contributed by atoms with Gasteiger partial charge in [-0.15, -0.1) is 0 Å². The van der Waals surface area contributed by atoms with E-state index in [-0.39, 0.29) is 18.9 Å². The van der Waals surface area contributed by atoms with Gasteiger partial charge in [-0.1, -0.05) is 73.1 Å². The Hall–Kier alpha value is -3.36. The maximum atomic E-state index is 14.1. The van der Waals surface area contributed by atoms with Crippen molar-refractivity contribution in [2.24, 2.45) is 0 Å². The van der Waals surface area contributed by atoms with Crippen molar-refractivity contribution >= 4 is 39.1 Å². The van der Waals surface area contributed by atoms with E-state index >= 15 is 0 Å². The number of anilines is 1. The van der Waals surface area contributed by atoms with Crippen LogP contribution in [-0.2, 0) is 32.6 Å². The number of carbonyl (C=O) groups is 2. The van der Waals surface area contributed by atoms with Gasteiger partial charge in [0.15, 0.2) is 0 Å². The summed E-state index contributed by atoms with van der Waals surface area (Å²) in [6, 6.07) is 21.1. The highest BCUT2D eigenvalue weighted by molar-refractivity contribution is 7.92. The molecule has 0 saturated heterocycles. The molecule has 0 aromatic heterocycles. The zero-order valence-electron chi connectivity index (χ0n) is 22.9. The van der Waals surface area contributed by atoms with Gasteiger partial charge in [0, 0.05) is 24.5 Å².